The normalized spacial score (nSPS) is 21.4. The van der Waals surface area contributed by atoms with Gasteiger partial charge in [-0.2, -0.15) is 13.2 Å². The van der Waals surface area contributed by atoms with E-state index in [9.17, 15) is 13.2 Å². The fraction of sp³-hybridized carbons (Fsp3) is 1.00. The van der Waals surface area contributed by atoms with Crippen LogP contribution in [0.3, 0.4) is 0 Å². The van der Waals surface area contributed by atoms with Crippen molar-refractivity contribution in [3.05, 3.63) is 0 Å². The van der Waals surface area contributed by atoms with Crippen LogP contribution in [0.5, 0.6) is 0 Å². The molecule has 1 fully saturated rings. The van der Waals surface area contributed by atoms with Gasteiger partial charge in [-0.25, -0.2) is 0 Å². The van der Waals surface area contributed by atoms with Crippen LogP contribution in [-0.2, 0) is 0 Å². The van der Waals surface area contributed by atoms with Gasteiger partial charge in [0.25, 0.3) is 0 Å². The Morgan fingerprint density at radius 3 is 2.06 bits per heavy atom. The quantitative estimate of drug-likeness (QED) is 0.816. The topological polar surface area (TPSA) is 23.5 Å². The van der Waals surface area contributed by atoms with Gasteiger partial charge in [0.15, 0.2) is 0 Å². The lowest BCUT2D eigenvalue weighted by Crippen LogP contribution is -2.46. The van der Waals surface area contributed by atoms with Crippen molar-refractivity contribution in [2.24, 2.45) is 11.3 Å². The second-order valence-electron chi connectivity index (χ2n) is 5.28. The van der Waals surface area contributed by atoms with Gasteiger partial charge in [-0.15, -0.1) is 0 Å². The summed E-state index contributed by atoms with van der Waals surface area (Å²) in [5, 5.41) is 8.94. The fourth-order valence-corrected chi connectivity index (χ4v) is 1.98. The van der Waals surface area contributed by atoms with Gasteiger partial charge < -0.3 is 10.0 Å². The summed E-state index contributed by atoms with van der Waals surface area (Å²) in [6.45, 7) is 4.00. The predicted octanol–water partition coefficient (Wildman–Crippen LogP) is 2.28. The summed E-state index contributed by atoms with van der Waals surface area (Å²) in [6, 6.07) is 0. The molecular weight excluding hydrogens is 219 g/mol. The van der Waals surface area contributed by atoms with Crippen LogP contribution >= 0.6 is 0 Å². The molecule has 1 aliphatic heterocycles. The van der Waals surface area contributed by atoms with Gasteiger partial charge in [0.2, 0.25) is 0 Å². The average Bonchev–Trinajstić information content (AvgIpc) is 2.16. The molecule has 1 aliphatic rings. The molecule has 0 spiro atoms. The Bertz CT molecular complexity index is 220. The SMILES string of the molecule is CC(C)(CN1CCC(CO)CC1)C(F)(F)F. The van der Waals surface area contributed by atoms with Gasteiger partial charge in [0, 0.05) is 13.2 Å². The zero-order valence-electron chi connectivity index (χ0n) is 9.85. The van der Waals surface area contributed by atoms with E-state index in [0.29, 0.717) is 13.1 Å². The van der Waals surface area contributed by atoms with E-state index >= 15 is 0 Å². The number of nitrogens with zero attached hydrogens (tertiary/aromatic N) is 1. The third kappa shape index (κ3) is 3.35. The standard InChI is InChI=1S/C11H20F3NO/c1-10(2,11(12,13)14)8-15-5-3-9(7-16)4-6-15/h9,16H,3-8H2,1-2H3. The number of aliphatic hydroxyl groups is 1. The molecule has 0 aromatic carbocycles. The van der Waals surface area contributed by atoms with Crippen molar-refractivity contribution < 1.29 is 18.3 Å². The Morgan fingerprint density at radius 2 is 1.69 bits per heavy atom. The van der Waals surface area contributed by atoms with Gasteiger partial charge in [-0.3, -0.25) is 0 Å². The van der Waals surface area contributed by atoms with Crippen LogP contribution in [0.1, 0.15) is 26.7 Å². The van der Waals surface area contributed by atoms with E-state index in [1.165, 1.54) is 13.8 Å². The number of alkyl halides is 3. The third-order valence-electron chi connectivity index (χ3n) is 3.35. The molecule has 0 radical (unpaired) electrons. The van der Waals surface area contributed by atoms with E-state index in [4.69, 9.17) is 5.11 Å². The Morgan fingerprint density at radius 1 is 1.19 bits per heavy atom. The van der Waals surface area contributed by atoms with Crippen molar-refractivity contribution in [1.82, 2.24) is 4.90 Å². The smallest absolute Gasteiger partial charge is 0.395 e. The van der Waals surface area contributed by atoms with E-state index in [-0.39, 0.29) is 19.1 Å². The predicted molar refractivity (Wildman–Crippen MR) is 56.1 cm³/mol. The molecular formula is C11H20F3NO. The zero-order valence-corrected chi connectivity index (χ0v) is 9.85. The molecule has 0 amide bonds. The zero-order chi connectivity index (χ0) is 12.4. The van der Waals surface area contributed by atoms with Crippen LogP contribution in [0.25, 0.3) is 0 Å². The van der Waals surface area contributed by atoms with E-state index < -0.39 is 11.6 Å². The minimum Gasteiger partial charge on any atom is -0.396 e. The molecule has 1 N–H and O–H groups in total. The summed E-state index contributed by atoms with van der Waals surface area (Å²) in [7, 11) is 0. The van der Waals surface area contributed by atoms with Crippen LogP contribution in [-0.4, -0.2) is 42.4 Å². The number of hydrogen-bond donors (Lipinski definition) is 1. The highest BCUT2D eigenvalue weighted by molar-refractivity contribution is 4.83. The molecule has 0 unspecified atom stereocenters. The second kappa shape index (κ2) is 4.92. The first-order valence-electron chi connectivity index (χ1n) is 5.66. The molecule has 0 aromatic heterocycles. The maximum absolute atomic E-state index is 12.7. The van der Waals surface area contributed by atoms with Crippen LogP contribution < -0.4 is 0 Å². The molecule has 1 saturated heterocycles. The molecule has 2 nitrogen and oxygen atoms in total. The van der Waals surface area contributed by atoms with Crippen LogP contribution in [0.2, 0.25) is 0 Å². The van der Waals surface area contributed by atoms with Crippen molar-refractivity contribution in [3.8, 4) is 0 Å². The van der Waals surface area contributed by atoms with Crippen LogP contribution in [0, 0.1) is 11.3 Å². The molecule has 1 rings (SSSR count). The summed E-state index contributed by atoms with van der Waals surface area (Å²) >= 11 is 0. The summed E-state index contributed by atoms with van der Waals surface area (Å²) in [5.74, 6) is 0.269. The number of aliphatic hydroxyl groups excluding tert-OH is 1. The largest absolute Gasteiger partial charge is 0.396 e. The van der Waals surface area contributed by atoms with Gasteiger partial charge in [-0.05, 0) is 45.7 Å². The highest BCUT2D eigenvalue weighted by atomic mass is 19.4. The summed E-state index contributed by atoms with van der Waals surface area (Å²) in [4.78, 5) is 1.85. The molecule has 96 valence electrons. The van der Waals surface area contributed by atoms with E-state index in [0.717, 1.165) is 12.8 Å². The molecule has 0 aromatic rings. The molecule has 0 bridgehead atoms. The van der Waals surface area contributed by atoms with Gasteiger partial charge >= 0.3 is 6.18 Å². The van der Waals surface area contributed by atoms with Crippen molar-refractivity contribution in [2.45, 2.75) is 32.9 Å². The lowest BCUT2D eigenvalue weighted by atomic mass is 9.90. The Balaban J connectivity index is 2.45. The first kappa shape index (κ1) is 13.8. The molecule has 0 atom stereocenters. The summed E-state index contributed by atoms with van der Waals surface area (Å²) < 4.78 is 38.0. The number of halogens is 3. The Hall–Kier alpha value is -0.290. The Kier molecular flexibility index (Phi) is 4.23. The Labute approximate surface area is 94.4 Å². The minimum absolute atomic E-state index is 0.0502. The molecule has 1 heterocycles. The summed E-state index contributed by atoms with van der Waals surface area (Å²) in [5.41, 5.74) is -1.65. The van der Waals surface area contributed by atoms with Gasteiger partial charge in [-0.1, -0.05) is 0 Å². The third-order valence-corrected chi connectivity index (χ3v) is 3.35. The lowest BCUT2D eigenvalue weighted by Gasteiger charge is -2.37. The van der Waals surface area contributed by atoms with Crippen molar-refractivity contribution in [2.75, 3.05) is 26.2 Å². The van der Waals surface area contributed by atoms with E-state index in [1.54, 1.807) is 0 Å². The van der Waals surface area contributed by atoms with E-state index in [1.807, 2.05) is 4.90 Å². The second-order valence-corrected chi connectivity index (χ2v) is 5.28. The average molecular weight is 239 g/mol. The minimum atomic E-state index is -4.15. The van der Waals surface area contributed by atoms with Gasteiger partial charge in [0.05, 0.1) is 5.41 Å². The highest BCUT2D eigenvalue weighted by Gasteiger charge is 2.48. The highest BCUT2D eigenvalue weighted by Crippen LogP contribution is 2.38. The molecule has 0 saturated carbocycles. The fourth-order valence-electron chi connectivity index (χ4n) is 1.98. The number of rotatable bonds is 3. The molecule has 0 aliphatic carbocycles. The van der Waals surface area contributed by atoms with Crippen molar-refractivity contribution in [1.29, 1.82) is 0 Å². The first-order valence-corrected chi connectivity index (χ1v) is 5.66. The van der Waals surface area contributed by atoms with Crippen LogP contribution in [0.15, 0.2) is 0 Å². The number of likely N-dealkylation sites (tertiary alicyclic amines) is 1. The summed E-state index contributed by atoms with van der Waals surface area (Å²) in [6.07, 6.45) is -2.56. The maximum atomic E-state index is 12.7. The number of hydrogen-bond acceptors (Lipinski definition) is 2. The first-order chi connectivity index (χ1) is 7.26. The monoisotopic (exact) mass is 239 g/mol. The number of piperidine rings is 1. The van der Waals surface area contributed by atoms with Gasteiger partial charge in [0.1, 0.15) is 0 Å². The molecule has 16 heavy (non-hydrogen) atoms. The van der Waals surface area contributed by atoms with E-state index in [2.05, 4.69) is 0 Å². The lowest BCUT2D eigenvalue weighted by molar-refractivity contribution is -0.217. The van der Waals surface area contributed by atoms with Crippen molar-refractivity contribution in [3.63, 3.8) is 0 Å². The molecule has 5 heteroatoms. The van der Waals surface area contributed by atoms with Crippen molar-refractivity contribution >= 4 is 0 Å². The van der Waals surface area contributed by atoms with Crippen LogP contribution in [0.4, 0.5) is 13.2 Å². The maximum Gasteiger partial charge on any atom is 0.395 e.